The average Bonchev–Trinajstić information content (AvgIpc) is 2.38. The van der Waals surface area contributed by atoms with Gasteiger partial charge in [-0.05, 0) is 61.2 Å². The zero-order chi connectivity index (χ0) is 14.7. The van der Waals surface area contributed by atoms with E-state index in [4.69, 9.17) is 17.3 Å². The number of nitrogens with two attached hydrogens (primary N) is 1. The molecule has 3 N–H and O–H groups in total. The summed E-state index contributed by atoms with van der Waals surface area (Å²) in [5, 5.41) is 3.89. The van der Waals surface area contributed by atoms with Gasteiger partial charge in [0.2, 0.25) is 0 Å². The van der Waals surface area contributed by atoms with Crippen molar-refractivity contribution in [3.8, 4) is 0 Å². The van der Waals surface area contributed by atoms with Gasteiger partial charge in [0.25, 0.3) is 0 Å². The highest BCUT2D eigenvalue weighted by atomic mass is 35.5. The van der Waals surface area contributed by atoms with Crippen LogP contribution in [0.1, 0.15) is 16.7 Å². The van der Waals surface area contributed by atoms with Gasteiger partial charge in [0, 0.05) is 12.2 Å². The number of benzene rings is 2. The third-order valence-corrected chi connectivity index (χ3v) is 3.69. The maximum Gasteiger partial charge on any atom is 0.123 e. The molecule has 0 fully saturated rings. The molecule has 0 aliphatic heterocycles. The highest BCUT2D eigenvalue weighted by molar-refractivity contribution is 6.33. The molecule has 0 aromatic heterocycles. The van der Waals surface area contributed by atoms with Crippen LogP contribution in [0.5, 0.6) is 0 Å². The Hall–Kier alpha value is -1.74. The largest absolute Gasteiger partial charge is 0.398 e. The van der Waals surface area contributed by atoms with Gasteiger partial charge in [-0.15, -0.1) is 0 Å². The molecule has 2 rings (SSSR count). The van der Waals surface area contributed by atoms with Gasteiger partial charge in [-0.25, -0.2) is 4.39 Å². The molecule has 0 spiro atoms. The smallest absolute Gasteiger partial charge is 0.123 e. The van der Waals surface area contributed by atoms with Crippen LogP contribution in [0.25, 0.3) is 0 Å². The summed E-state index contributed by atoms with van der Waals surface area (Å²) in [6, 6.07) is 8.57. The number of nitrogens with one attached hydrogen (secondary N) is 1. The molecule has 0 aliphatic rings. The summed E-state index contributed by atoms with van der Waals surface area (Å²) in [6.07, 6.45) is 0.827. The second-order valence-corrected chi connectivity index (χ2v) is 5.34. The van der Waals surface area contributed by atoms with Crippen molar-refractivity contribution in [3.63, 3.8) is 0 Å². The Balaban J connectivity index is 2.01. The van der Waals surface area contributed by atoms with Crippen LogP contribution in [-0.4, -0.2) is 6.54 Å². The first-order chi connectivity index (χ1) is 9.47. The number of rotatable bonds is 4. The highest BCUT2D eigenvalue weighted by Crippen LogP contribution is 2.26. The van der Waals surface area contributed by atoms with Crippen molar-refractivity contribution in [3.05, 3.63) is 57.9 Å². The molecule has 4 heteroatoms. The standard InChI is InChI=1S/C16H18ClFN2/c1-10-7-13(18)4-3-12(10)5-6-20-16-9-14(17)15(19)8-11(16)2/h3-4,7-9,20H,5-6,19H2,1-2H3. The van der Waals surface area contributed by atoms with Crippen LogP contribution in [0.15, 0.2) is 30.3 Å². The Labute approximate surface area is 123 Å². The van der Waals surface area contributed by atoms with E-state index in [9.17, 15) is 4.39 Å². The van der Waals surface area contributed by atoms with Gasteiger partial charge in [0.05, 0.1) is 10.7 Å². The molecule has 0 atom stereocenters. The van der Waals surface area contributed by atoms with Crippen molar-refractivity contribution in [1.29, 1.82) is 0 Å². The highest BCUT2D eigenvalue weighted by Gasteiger charge is 2.04. The van der Waals surface area contributed by atoms with E-state index in [1.54, 1.807) is 6.07 Å². The van der Waals surface area contributed by atoms with Gasteiger partial charge < -0.3 is 11.1 Å². The topological polar surface area (TPSA) is 38.0 Å². The Kier molecular flexibility index (Phi) is 4.50. The maximum atomic E-state index is 13.0. The van der Waals surface area contributed by atoms with E-state index in [1.807, 2.05) is 32.0 Å². The monoisotopic (exact) mass is 292 g/mol. The summed E-state index contributed by atoms with van der Waals surface area (Å²) in [4.78, 5) is 0. The zero-order valence-corrected chi connectivity index (χ0v) is 12.4. The molecule has 0 amide bonds. The predicted octanol–water partition coefficient (Wildman–Crippen LogP) is 4.33. The molecule has 0 unspecified atom stereocenters. The zero-order valence-electron chi connectivity index (χ0n) is 11.6. The Morgan fingerprint density at radius 2 is 1.90 bits per heavy atom. The summed E-state index contributed by atoms with van der Waals surface area (Å²) in [5.74, 6) is -0.194. The molecule has 0 saturated carbocycles. The molecule has 2 aromatic rings. The van der Waals surface area contributed by atoms with Crippen LogP contribution in [0.3, 0.4) is 0 Å². The molecular weight excluding hydrogens is 275 g/mol. The van der Waals surface area contributed by atoms with Gasteiger partial charge in [0.15, 0.2) is 0 Å². The summed E-state index contributed by atoms with van der Waals surface area (Å²) in [7, 11) is 0. The second kappa shape index (κ2) is 6.14. The van der Waals surface area contributed by atoms with Gasteiger partial charge in [-0.1, -0.05) is 17.7 Å². The first-order valence-electron chi connectivity index (χ1n) is 6.52. The van der Waals surface area contributed by atoms with Crippen LogP contribution < -0.4 is 11.1 Å². The van der Waals surface area contributed by atoms with E-state index >= 15 is 0 Å². The molecule has 106 valence electrons. The van der Waals surface area contributed by atoms with E-state index in [2.05, 4.69) is 5.32 Å². The van der Waals surface area contributed by atoms with E-state index in [-0.39, 0.29) is 5.82 Å². The van der Waals surface area contributed by atoms with Crippen LogP contribution in [0, 0.1) is 19.7 Å². The second-order valence-electron chi connectivity index (χ2n) is 4.94. The van der Waals surface area contributed by atoms with E-state index in [0.717, 1.165) is 35.3 Å². The lowest BCUT2D eigenvalue weighted by Gasteiger charge is -2.12. The van der Waals surface area contributed by atoms with Crippen molar-refractivity contribution in [2.24, 2.45) is 0 Å². The summed E-state index contributed by atoms with van der Waals surface area (Å²) >= 11 is 6.02. The fourth-order valence-corrected chi connectivity index (χ4v) is 2.33. The summed E-state index contributed by atoms with van der Waals surface area (Å²) in [6.45, 7) is 4.66. The van der Waals surface area contributed by atoms with Crippen LogP contribution >= 0.6 is 11.6 Å². The molecule has 0 bridgehead atoms. The lowest BCUT2D eigenvalue weighted by molar-refractivity contribution is 0.625. The first kappa shape index (κ1) is 14.7. The van der Waals surface area contributed by atoms with Gasteiger partial charge in [-0.2, -0.15) is 0 Å². The van der Waals surface area contributed by atoms with Gasteiger partial charge in [-0.3, -0.25) is 0 Å². The normalized spacial score (nSPS) is 10.6. The number of aryl methyl sites for hydroxylation is 2. The Morgan fingerprint density at radius 3 is 2.60 bits per heavy atom. The number of hydrogen-bond donors (Lipinski definition) is 2. The van der Waals surface area contributed by atoms with Crippen molar-refractivity contribution in [2.45, 2.75) is 20.3 Å². The summed E-state index contributed by atoms with van der Waals surface area (Å²) in [5.41, 5.74) is 10.5. The third kappa shape index (κ3) is 3.42. The minimum absolute atomic E-state index is 0.194. The van der Waals surface area contributed by atoms with Gasteiger partial charge in [0.1, 0.15) is 5.82 Å². The molecule has 0 radical (unpaired) electrons. The lowest BCUT2D eigenvalue weighted by Crippen LogP contribution is -2.07. The minimum Gasteiger partial charge on any atom is -0.398 e. The number of nitrogen functional groups attached to an aromatic ring is 1. The molecule has 2 nitrogen and oxygen atoms in total. The van der Waals surface area contributed by atoms with Crippen LogP contribution in [0.4, 0.5) is 15.8 Å². The first-order valence-corrected chi connectivity index (χ1v) is 6.89. The molecular formula is C16H18ClFN2. The number of halogens is 2. The fourth-order valence-electron chi connectivity index (χ4n) is 2.17. The number of hydrogen-bond acceptors (Lipinski definition) is 2. The fraction of sp³-hybridized carbons (Fsp3) is 0.250. The number of anilines is 2. The molecule has 0 saturated heterocycles. The molecule has 2 aromatic carbocycles. The summed E-state index contributed by atoms with van der Waals surface area (Å²) < 4.78 is 13.0. The van der Waals surface area contributed by atoms with E-state index in [1.165, 1.54) is 6.07 Å². The average molecular weight is 293 g/mol. The van der Waals surface area contributed by atoms with Crippen molar-refractivity contribution in [1.82, 2.24) is 0 Å². The maximum absolute atomic E-state index is 13.0. The van der Waals surface area contributed by atoms with Crippen LogP contribution in [-0.2, 0) is 6.42 Å². The van der Waals surface area contributed by atoms with Crippen molar-refractivity contribution < 1.29 is 4.39 Å². The Bertz CT molecular complexity index is 626. The quantitative estimate of drug-likeness (QED) is 0.823. The molecule has 0 aliphatic carbocycles. The third-order valence-electron chi connectivity index (χ3n) is 3.36. The lowest BCUT2D eigenvalue weighted by atomic mass is 10.1. The SMILES string of the molecule is Cc1cc(F)ccc1CCNc1cc(Cl)c(N)cc1C. The van der Waals surface area contributed by atoms with Crippen molar-refractivity contribution in [2.75, 3.05) is 17.6 Å². The van der Waals surface area contributed by atoms with Crippen LogP contribution in [0.2, 0.25) is 5.02 Å². The van der Waals surface area contributed by atoms with E-state index < -0.39 is 0 Å². The van der Waals surface area contributed by atoms with E-state index in [0.29, 0.717) is 10.7 Å². The Morgan fingerprint density at radius 1 is 1.15 bits per heavy atom. The molecule has 20 heavy (non-hydrogen) atoms. The minimum atomic E-state index is -0.194. The van der Waals surface area contributed by atoms with Crippen molar-refractivity contribution >= 4 is 23.0 Å². The molecule has 0 heterocycles. The predicted molar refractivity (Wildman–Crippen MR) is 83.9 cm³/mol. The van der Waals surface area contributed by atoms with Gasteiger partial charge >= 0.3 is 0 Å².